The van der Waals surface area contributed by atoms with Gasteiger partial charge in [-0.2, -0.15) is 0 Å². The normalized spacial score (nSPS) is 20.5. The van der Waals surface area contributed by atoms with Gasteiger partial charge in [-0.05, 0) is 50.6 Å². The molecule has 0 bridgehead atoms. The lowest BCUT2D eigenvalue weighted by atomic mass is 10.2. The second-order valence-corrected chi connectivity index (χ2v) is 6.69. The number of aromatic nitrogens is 1. The molecule has 1 aliphatic heterocycles. The molecule has 1 N–H and O–H groups in total. The van der Waals surface area contributed by atoms with Gasteiger partial charge in [0.15, 0.2) is 0 Å². The zero-order valence-electron chi connectivity index (χ0n) is 15.4. The maximum atomic E-state index is 11.9. The van der Waals surface area contributed by atoms with Gasteiger partial charge in [-0.25, -0.2) is 4.98 Å². The number of ether oxygens (including phenoxy) is 1. The minimum absolute atomic E-state index is 0.168. The zero-order chi connectivity index (χ0) is 18.5. The summed E-state index contributed by atoms with van der Waals surface area (Å²) in [6.07, 6.45) is 5.33. The summed E-state index contributed by atoms with van der Waals surface area (Å²) in [6, 6.07) is 7.68. The third-order valence-electron chi connectivity index (χ3n) is 4.18. The number of pyridine rings is 1. The van der Waals surface area contributed by atoms with Crippen molar-refractivity contribution in [2.75, 3.05) is 18.0 Å². The number of nitrogens with one attached hydrogen (secondary N) is 1. The molecular weight excluding hydrogens is 330 g/mol. The van der Waals surface area contributed by atoms with Crippen LogP contribution >= 0.6 is 0 Å². The third-order valence-corrected chi connectivity index (χ3v) is 4.18. The largest absolute Gasteiger partial charge is 0.462 e. The fourth-order valence-corrected chi connectivity index (χ4v) is 3.02. The fraction of sp³-hybridized carbons (Fsp3) is 0.400. The molecule has 1 saturated heterocycles. The van der Waals surface area contributed by atoms with Crippen molar-refractivity contribution in [2.24, 2.45) is 0 Å². The van der Waals surface area contributed by atoms with E-state index in [0.29, 0.717) is 12.3 Å². The Balaban J connectivity index is 1.51. The van der Waals surface area contributed by atoms with Crippen molar-refractivity contribution >= 4 is 17.8 Å². The zero-order valence-corrected chi connectivity index (χ0v) is 15.4. The lowest BCUT2D eigenvalue weighted by Gasteiger charge is -2.36. The molecular formula is C20H25N3O3. The Hall–Kier alpha value is -2.60. The van der Waals surface area contributed by atoms with Crippen LogP contribution in [0, 0.1) is 6.92 Å². The first-order valence-electron chi connectivity index (χ1n) is 8.87. The van der Waals surface area contributed by atoms with Crippen molar-refractivity contribution in [2.45, 2.75) is 39.5 Å². The summed E-state index contributed by atoms with van der Waals surface area (Å²) in [5, 5.41) is 2.85. The average Bonchev–Trinajstić information content (AvgIpc) is 3.03. The van der Waals surface area contributed by atoms with Gasteiger partial charge in [0.05, 0.1) is 12.2 Å². The molecule has 2 unspecified atom stereocenters. The number of morpholine rings is 1. The van der Waals surface area contributed by atoms with Crippen LogP contribution in [0.4, 0.5) is 5.82 Å². The molecule has 0 spiro atoms. The second-order valence-electron chi connectivity index (χ2n) is 6.69. The highest BCUT2D eigenvalue weighted by Crippen LogP contribution is 2.18. The predicted molar refractivity (Wildman–Crippen MR) is 101 cm³/mol. The number of furan rings is 1. The van der Waals surface area contributed by atoms with E-state index in [1.54, 1.807) is 12.3 Å². The summed E-state index contributed by atoms with van der Waals surface area (Å²) in [6.45, 7) is 8.12. The first-order valence-corrected chi connectivity index (χ1v) is 8.87. The van der Waals surface area contributed by atoms with Crippen LogP contribution in [0.3, 0.4) is 0 Å². The first-order chi connectivity index (χ1) is 12.5. The van der Waals surface area contributed by atoms with Crippen molar-refractivity contribution in [3.63, 3.8) is 0 Å². The quantitative estimate of drug-likeness (QED) is 0.835. The van der Waals surface area contributed by atoms with Gasteiger partial charge < -0.3 is 19.4 Å². The topological polar surface area (TPSA) is 67.6 Å². The van der Waals surface area contributed by atoms with Crippen LogP contribution in [0.15, 0.2) is 41.0 Å². The molecule has 3 rings (SSSR count). The van der Waals surface area contributed by atoms with E-state index in [1.807, 2.05) is 31.2 Å². The van der Waals surface area contributed by atoms with E-state index in [2.05, 4.69) is 29.0 Å². The number of amides is 1. The third kappa shape index (κ3) is 4.95. The molecule has 0 saturated carbocycles. The Labute approximate surface area is 153 Å². The Morgan fingerprint density at radius 3 is 2.65 bits per heavy atom. The van der Waals surface area contributed by atoms with E-state index in [4.69, 9.17) is 9.15 Å². The highest BCUT2D eigenvalue weighted by Gasteiger charge is 2.22. The standard InChI is InChI=1S/C20H25N3O3/c1-14-4-6-18(26-14)7-9-20(24)22-11-17-5-8-19(21-10-17)23-12-15(2)25-16(3)13-23/h4-10,15-16H,11-13H2,1-3H3,(H,22,24)/b9-7+. The van der Waals surface area contributed by atoms with E-state index in [0.717, 1.165) is 30.2 Å². The molecule has 6 heteroatoms. The van der Waals surface area contributed by atoms with Gasteiger partial charge in [0.25, 0.3) is 0 Å². The molecule has 0 aliphatic carbocycles. The molecule has 2 atom stereocenters. The Morgan fingerprint density at radius 2 is 2.04 bits per heavy atom. The van der Waals surface area contributed by atoms with Crippen LogP contribution in [0.2, 0.25) is 0 Å². The number of rotatable bonds is 5. The Bertz CT molecular complexity index is 757. The predicted octanol–water partition coefficient (Wildman–Crippen LogP) is 2.93. The highest BCUT2D eigenvalue weighted by molar-refractivity contribution is 5.91. The van der Waals surface area contributed by atoms with E-state index in [9.17, 15) is 4.79 Å². The lowest BCUT2D eigenvalue weighted by molar-refractivity contribution is -0.116. The van der Waals surface area contributed by atoms with Gasteiger partial charge in [0.2, 0.25) is 5.91 Å². The van der Waals surface area contributed by atoms with Gasteiger partial charge in [0.1, 0.15) is 17.3 Å². The molecule has 26 heavy (non-hydrogen) atoms. The van der Waals surface area contributed by atoms with Crippen molar-refractivity contribution < 1.29 is 13.9 Å². The first kappa shape index (κ1) is 18.2. The molecule has 1 fully saturated rings. The number of aryl methyl sites for hydroxylation is 1. The molecule has 3 heterocycles. The molecule has 138 valence electrons. The van der Waals surface area contributed by atoms with Gasteiger partial charge >= 0.3 is 0 Å². The van der Waals surface area contributed by atoms with E-state index in [1.165, 1.54) is 6.08 Å². The number of hydrogen-bond acceptors (Lipinski definition) is 5. The van der Waals surface area contributed by atoms with Crippen LogP contribution in [0.25, 0.3) is 6.08 Å². The minimum atomic E-state index is -0.168. The summed E-state index contributed by atoms with van der Waals surface area (Å²) >= 11 is 0. The van der Waals surface area contributed by atoms with Gasteiger partial charge in [-0.1, -0.05) is 6.07 Å². The summed E-state index contributed by atoms with van der Waals surface area (Å²) < 4.78 is 11.1. The minimum Gasteiger partial charge on any atom is -0.462 e. The van der Waals surface area contributed by atoms with Crippen molar-refractivity contribution in [3.8, 4) is 0 Å². The Kier molecular flexibility index (Phi) is 5.73. The summed E-state index contributed by atoms with van der Waals surface area (Å²) in [5.74, 6) is 2.26. The molecule has 0 aromatic carbocycles. The summed E-state index contributed by atoms with van der Waals surface area (Å²) in [5.41, 5.74) is 0.957. The number of carbonyl (C=O) groups is 1. The number of nitrogens with zero attached hydrogens (tertiary/aromatic N) is 2. The van der Waals surface area contributed by atoms with E-state index < -0.39 is 0 Å². The van der Waals surface area contributed by atoms with E-state index >= 15 is 0 Å². The molecule has 1 aliphatic rings. The number of hydrogen-bond donors (Lipinski definition) is 1. The van der Waals surface area contributed by atoms with Crippen LogP contribution in [-0.2, 0) is 16.1 Å². The lowest BCUT2D eigenvalue weighted by Crippen LogP contribution is -2.45. The van der Waals surface area contributed by atoms with Crippen LogP contribution < -0.4 is 10.2 Å². The number of anilines is 1. The van der Waals surface area contributed by atoms with Crippen molar-refractivity contribution in [3.05, 3.63) is 53.6 Å². The Morgan fingerprint density at radius 1 is 1.27 bits per heavy atom. The summed E-state index contributed by atoms with van der Waals surface area (Å²) in [7, 11) is 0. The smallest absolute Gasteiger partial charge is 0.244 e. The van der Waals surface area contributed by atoms with Crippen molar-refractivity contribution in [1.82, 2.24) is 10.3 Å². The maximum absolute atomic E-state index is 11.9. The average molecular weight is 355 g/mol. The molecule has 6 nitrogen and oxygen atoms in total. The van der Waals surface area contributed by atoms with Gasteiger partial charge in [0, 0.05) is 31.9 Å². The SMILES string of the molecule is Cc1ccc(/C=C/C(=O)NCc2ccc(N3CC(C)OC(C)C3)nc2)o1. The van der Waals surface area contributed by atoms with Gasteiger partial charge in [-0.15, -0.1) is 0 Å². The summed E-state index contributed by atoms with van der Waals surface area (Å²) in [4.78, 5) is 18.7. The molecule has 2 aromatic heterocycles. The fourth-order valence-electron chi connectivity index (χ4n) is 3.02. The monoisotopic (exact) mass is 355 g/mol. The van der Waals surface area contributed by atoms with Crippen LogP contribution in [0.1, 0.15) is 30.9 Å². The van der Waals surface area contributed by atoms with Crippen LogP contribution in [0.5, 0.6) is 0 Å². The number of carbonyl (C=O) groups excluding carboxylic acids is 1. The van der Waals surface area contributed by atoms with E-state index in [-0.39, 0.29) is 18.1 Å². The van der Waals surface area contributed by atoms with Crippen LogP contribution in [-0.4, -0.2) is 36.2 Å². The second kappa shape index (κ2) is 8.19. The highest BCUT2D eigenvalue weighted by atomic mass is 16.5. The van der Waals surface area contributed by atoms with Gasteiger partial charge in [-0.3, -0.25) is 4.79 Å². The molecule has 0 radical (unpaired) electrons. The maximum Gasteiger partial charge on any atom is 0.244 e. The molecule has 2 aromatic rings. The van der Waals surface area contributed by atoms with Crippen molar-refractivity contribution in [1.29, 1.82) is 0 Å². The molecule has 1 amide bonds.